The highest BCUT2D eigenvalue weighted by molar-refractivity contribution is 7.12. The van der Waals surface area contributed by atoms with E-state index in [0.29, 0.717) is 5.56 Å². The second-order valence-electron chi connectivity index (χ2n) is 3.96. The number of hydrogen-bond acceptors (Lipinski definition) is 4. The average molecular weight is 252 g/mol. The fourth-order valence-electron chi connectivity index (χ4n) is 1.79. The quantitative estimate of drug-likeness (QED) is 0.739. The lowest BCUT2D eigenvalue weighted by atomic mass is 10.2. The number of thiophene rings is 1. The van der Waals surface area contributed by atoms with Crippen molar-refractivity contribution in [2.45, 2.75) is 13.8 Å². The van der Waals surface area contributed by atoms with Crippen molar-refractivity contribution in [3.63, 3.8) is 0 Å². The third-order valence-corrected chi connectivity index (χ3v) is 3.47. The summed E-state index contributed by atoms with van der Waals surface area (Å²) in [5.41, 5.74) is 0.579. The van der Waals surface area contributed by atoms with Gasteiger partial charge in [-0.05, 0) is 19.9 Å². The van der Waals surface area contributed by atoms with Gasteiger partial charge in [0.1, 0.15) is 13.1 Å². The van der Waals surface area contributed by atoms with Gasteiger partial charge in [-0.2, -0.15) is 0 Å². The standard InChI is InChI=1S/C11H12N2O3S/c1-6-3-8(7(2)17-6)11(16)13-4-9(14)12-10(15)5-13/h3H,4-5H2,1-2H3,(H,12,14,15). The molecule has 1 fully saturated rings. The first-order chi connectivity index (χ1) is 7.97. The maximum atomic E-state index is 12.1. The lowest BCUT2D eigenvalue weighted by Crippen LogP contribution is -2.53. The van der Waals surface area contributed by atoms with E-state index in [1.165, 1.54) is 16.2 Å². The highest BCUT2D eigenvalue weighted by Crippen LogP contribution is 2.22. The zero-order valence-electron chi connectivity index (χ0n) is 9.57. The number of piperazine rings is 1. The first-order valence-corrected chi connectivity index (χ1v) is 5.98. The number of carbonyl (C=O) groups is 3. The minimum atomic E-state index is -0.431. The van der Waals surface area contributed by atoms with Crippen LogP contribution >= 0.6 is 11.3 Å². The van der Waals surface area contributed by atoms with E-state index in [9.17, 15) is 14.4 Å². The molecule has 5 nitrogen and oxygen atoms in total. The first-order valence-electron chi connectivity index (χ1n) is 5.16. The van der Waals surface area contributed by atoms with Gasteiger partial charge < -0.3 is 4.90 Å². The Morgan fingerprint density at radius 2 is 1.88 bits per heavy atom. The summed E-state index contributed by atoms with van der Waals surface area (Å²) in [7, 11) is 0. The largest absolute Gasteiger partial charge is 0.320 e. The van der Waals surface area contributed by atoms with Crippen LogP contribution in [-0.2, 0) is 9.59 Å². The predicted molar refractivity (Wildman–Crippen MR) is 62.8 cm³/mol. The number of rotatable bonds is 1. The van der Waals surface area contributed by atoms with Crippen LogP contribution in [0.5, 0.6) is 0 Å². The fraction of sp³-hybridized carbons (Fsp3) is 0.364. The van der Waals surface area contributed by atoms with Crippen LogP contribution in [0.3, 0.4) is 0 Å². The van der Waals surface area contributed by atoms with E-state index in [-0.39, 0.29) is 19.0 Å². The average Bonchev–Trinajstić information content (AvgIpc) is 2.55. The van der Waals surface area contributed by atoms with Gasteiger partial charge in [-0.25, -0.2) is 0 Å². The number of carbonyl (C=O) groups excluding carboxylic acids is 3. The predicted octanol–water partition coefficient (Wildman–Crippen LogP) is 0.464. The zero-order valence-corrected chi connectivity index (χ0v) is 10.4. The second kappa shape index (κ2) is 4.29. The van der Waals surface area contributed by atoms with E-state index < -0.39 is 11.8 Å². The summed E-state index contributed by atoms with van der Waals surface area (Å²) in [4.78, 5) is 37.7. The Bertz CT molecular complexity index is 491. The smallest absolute Gasteiger partial charge is 0.255 e. The molecule has 0 bridgehead atoms. The van der Waals surface area contributed by atoms with Crippen molar-refractivity contribution in [1.82, 2.24) is 10.2 Å². The molecule has 1 N–H and O–H groups in total. The monoisotopic (exact) mass is 252 g/mol. The minimum absolute atomic E-state index is 0.0566. The van der Waals surface area contributed by atoms with Gasteiger partial charge >= 0.3 is 0 Å². The van der Waals surface area contributed by atoms with Crippen LogP contribution in [-0.4, -0.2) is 35.7 Å². The van der Waals surface area contributed by atoms with E-state index in [0.717, 1.165) is 9.75 Å². The molecule has 0 aliphatic carbocycles. The summed E-state index contributed by atoms with van der Waals surface area (Å²) < 4.78 is 0. The van der Waals surface area contributed by atoms with Crippen LogP contribution in [0.25, 0.3) is 0 Å². The van der Waals surface area contributed by atoms with Crippen LogP contribution in [0.1, 0.15) is 20.1 Å². The topological polar surface area (TPSA) is 66.5 Å². The van der Waals surface area contributed by atoms with E-state index in [1.807, 2.05) is 13.8 Å². The minimum Gasteiger partial charge on any atom is -0.320 e. The molecule has 2 heterocycles. The number of nitrogens with zero attached hydrogens (tertiary/aromatic N) is 1. The summed E-state index contributed by atoms with van der Waals surface area (Å²) in [5.74, 6) is -1.12. The Morgan fingerprint density at radius 3 is 2.35 bits per heavy atom. The molecule has 2 rings (SSSR count). The Morgan fingerprint density at radius 1 is 1.29 bits per heavy atom. The van der Waals surface area contributed by atoms with Crippen molar-refractivity contribution in [2.24, 2.45) is 0 Å². The van der Waals surface area contributed by atoms with Crippen molar-refractivity contribution in [1.29, 1.82) is 0 Å². The number of imide groups is 1. The molecule has 0 unspecified atom stereocenters. The molecule has 1 aliphatic rings. The molecule has 0 aromatic carbocycles. The summed E-state index contributed by atoms with van der Waals surface area (Å²) in [6.07, 6.45) is 0. The van der Waals surface area contributed by atoms with Gasteiger partial charge in [0.15, 0.2) is 0 Å². The van der Waals surface area contributed by atoms with E-state index in [2.05, 4.69) is 5.32 Å². The van der Waals surface area contributed by atoms with Gasteiger partial charge in [0.2, 0.25) is 11.8 Å². The Balaban J connectivity index is 2.23. The van der Waals surface area contributed by atoms with Gasteiger partial charge in [0, 0.05) is 9.75 Å². The molecule has 6 heteroatoms. The second-order valence-corrected chi connectivity index (χ2v) is 5.42. The SMILES string of the molecule is Cc1cc(C(=O)N2CC(=O)NC(=O)C2)c(C)s1. The lowest BCUT2D eigenvalue weighted by molar-refractivity contribution is -0.135. The van der Waals surface area contributed by atoms with Gasteiger partial charge in [-0.1, -0.05) is 0 Å². The Kier molecular flexibility index (Phi) is 2.97. The molecule has 0 atom stereocenters. The van der Waals surface area contributed by atoms with Gasteiger partial charge in [0.25, 0.3) is 5.91 Å². The van der Waals surface area contributed by atoms with Gasteiger partial charge in [0.05, 0.1) is 5.56 Å². The van der Waals surface area contributed by atoms with Gasteiger partial charge in [-0.3, -0.25) is 19.7 Å². The highest BCUT2D eigenvalue weighted by Gasteiger charge is 2.28. The molecule has 0 saturated carbocycles. The molecule has 1 aromatic heterocycles. The summed E-state index contributed by atoms with van der Waals surface area (Å²) >= 11 is 1.53. The molecule has 1 aliphatic heterocycles. The molecule has 90 valence electrons. The summed E-state index contributed by atoms with van der Waals surface area (Å²) in [6, 6.07) is 1.79. The van der Waals surface area contributed by atoms with Gasteiger partial charge in [-0.15, -0.1) is 11.3 Å². The molecule has 0 radical (unpaired) electrons. The molecule has 17 heavy (non-hydrogen) atoms. The van der Waals surface area contributed by atoms with Crippen molar-refractivity contribution >= 4 is 29.1 Å². The van der Waals surface area contributed by atoms with Crippen LogP contribution in [0.15, 0.2) is 6.07 Å². The van der Waals surface area contributed by atoms with E-state index in [4.69, 9.17) is 0 Å². The third kappa shape index (κ3) is 2.36. The van der Waals surface area contributed by atoms with Crippen LogP contribution in [0.4, 0.5) is 0 Å². The number of hydrogen-bond donors (Lipinski definition) is 1. The molecular formula is C11H12N2O3S. The number of nitrogens with one attached hydrogen (secondary N) is 1. The highest BCUT2D eigenvalue weighted by atomic mass is 32.1. The lowest BCUT2D eigenvalue weighted by Gasteiger charge is -2.25. The summed E-state index contributed by atoms with van der Waals surface area (Å²) in [6.45, 7) is 3.66. The molecule has 0 spiro atoms. The van der Waals surface area contributed by atoms with Crippen molar-refractivity contribution in [2.75, 3.05) is 13.1 Å². The van der Waals surface area contributed by atoms with E-state index in [1.54, 1.807) is 6.07 Å². The van der Waals surface area contributed by atoms with Crippen LogP contribution in [0.2, 0.25) is 0 Å². The summed E-state index contributed by atoms with van der Waals surface area (Å²) in [5, 5.41) is 2.17. The molecule has 1 saturated heterocycles. The molecule has 1 aromatic rings. The molecule has 3 amide bonds. The normalized spacial score (nSPS) is 16.0. The zero-order chi connectivity index (χ0) is 12.6. The first kappa shape index (κ1) is 11.8. The van der Waals surface area contributed by atoms with Crippen LogP contribution in [0, 0.1) is 13.8 Å². The van der Waals surface area contributed by atoms with Crippen molar-refractivity contribution < 1.29 is 14.4 Å². The van der Waals surface area contributed by atoms with E-state index >= 15 is 0 Å². The Labute approximate surface area is 102 Å². The maximum absolute atomic E-state index is 12.1. The number of amides is 3. The molecular weight excluding hydrogens is 240 g/mol. The third-order valence-electron chi connectivity index (χ3n) is 2.51. The maximum Gasteiger partial charge on any atom is 0.255 e. The number of aryl methyl sites for hydroxylation is 2. The van der Waals surface area contributed by atoms with Crippen LogP contribution < -0.4 is 5.32 Å². The van der Waals surface area contributed by atoms with Crippen molar-refractivity contribution in [3.05, 3.63) is 21.4 Å². The van der Waals surface area contributed by atoms with Crippen molar-refractivity contribution in [3.8, 4) is 0 Å². The Hall–Kier alpha value is -1.69. The fourth-order valence-corrected chi connectivity index (χ4v) is 2.71.